The summed E-state index contributed by atoms with van der Waals surface area (Å²) in [4.78, 5) is 37.1. The molecule has 1 atom stereocenters. The average Bonchev–Trinajstić information content (AvgIpc) is 3.35. The molecule has 1 aliphatic heterocycles. The second-order valence-electron chi connectivity index (χ2n) is 6.46. The van der Waals surface area contributed by atoms with Crippen molar-refractivity contribution < 1.29 is 14.3 Å². The van der Waals surface area contributed by atoms with Crippen molar-refractivity contribution in [2.24, 2.45) is 5.92 Å². The lowest BCUT2D eigenvalue weighted by molar-refractivity contribution is -0.150. The van der Waals surface area contributed by atoms with E-state index in [1.54, 1.807) is 18.6 Å². The van der Waals surface area contributed by atoms with E-state index in [0.717, 1.165) is 36.4 Å². The third-order valence-electron chi connectivity index (χ3n) is 4.87. The number of carbonyl (C=O) groups excluding carboxylic acids is 2. The van der Waals surface area contributed by atoms with Gasteiger partial charge in [-0.1, -0.05) is 0 Å². The molecule has 2 aromatic heterocycles. The molecule has 1 spiro atoms. The quantitative estimate of drug-likeness (QED) is 0.841. The maximum Gasteiger partial charge on any atom is 0.307 e. The van der Waals surface area contributed by atoms with Gasteiger partial charge in [0.2, 0.25) is 5.91 Å². The van der Waals surface area contributed by atoms with Gasteiger partial charge in [0.25, 0.3) is 0 Å². The largest absolute Gasteiger partial charge is 0.458 e. The van der Waals surface area contributed by atoms with Crippen molar-refractivity contribution in [1.82, 2.24) is 20.3 Å². The van der Waals surface area contributed by atoms with Crippen molar-refractivity contribution in [3.63, 3.8) is 0 Å². The van der Waals surface area contributed by atoms with Gasteiger partial charge in [-0.25, -0.2) is 4.98 Å². The zero-order valence-corrected chi connectivity index (χ0v) is 14.4. The van der Waals surface area contributed by atoms with Gasteiger partial charge in [-0.3, -0.25) is 19.6 Å². The van der Waals surface area contributed by atoms with Crippen molar-refractivity contribution in [2.75, 3.05) is 0 Å². The van der Waals surface area contributed by atoms with Crippen LogP contribution in [0.25, 0.3) is 10.7 Å². The van der Waals surface area contributed by atoms with Gasteiger partial charge in [-0.2, -0.15) is 0 Å². The maximum atomic E-state index is 12.6. The zero-order valence-electron chi connectivity index (χ0n) is 13.6. The standard InChI is InChI=1S/C17H18N4O3S/c22-14-7-12(17(24-14)3-1-2-4-17)15(23)20-8-11-10-25-16(21-11)13-9-18-5-6-19-13/h5-6,9-10,12H,1-4,7-8H2,(H,20,23). The lowest BCUT2D eigenvalue weighted by atomic mass is 9.85. The minimum Gasteiger partial charge on any atom is -0.458 e. The number of hydrogen-bond acceptors (Lipinski definition) is 7. The van der Waals surface area contributed by atoms with Gasteiger partial charge in [0.05, 0.1) is 30.8 Å². The Labute approximate surface area is 148 Å². The zero-order chi connectivity index (χ0) is 17.3. The summed E-state index contributed by atoms with van der Waals surface area (Å²) in [7, 11) is 0. The molecule has 1 saturated heterocycles. The Morgan fingerprint density at radius 2 is 2.20 bits per heavy atom. The lowest BCUT2D eigenvalue weighted by Gasteiger charge is -2.27. The second kappa shape index (κ2) is 6.51. The lowest BCUT2D eigenvalue weighted by Crippen LogP contribution is -2.42. The molecule has 0 bridgehead atoms. The third-order valence-corrected chi connectivity index (χ3v) is 5.78. The van der Waals surface area contributed by atoms with Crippen LogP contribution in [0.2, 0.25) is 0 Å². The monoisotopic (exact) mass is 358 g/mol. The van der Waals surface area contributed by atoms with Gasteiger partial charge >= 0.3 is 5.97 Å². The van der Waals surface area contributed by atoms with E-state index >= 15 is 0 Å². The second-order valence-corrected chi connectivity index (χ2v) is 7.31. The molecule has 1 unspecified atom stereocenters. The number of thiazole rings is 1. The van der Waals surface area contributed by atoms with Crippen molar-refractivity contribution in [3.05, 3.63) is 29.7 Å². The number of amides is 1. The molecule has 1 amide bonds. The van der Waals surface area contributed by atoms with Crippen molar-refractivity contribution in [1.29, 1.82) is 0 Å². The first-order valence-corrected chi connectivity index (χ1v) is 9.25. The molecule has 1 aliphatic carbocycles. The molecule has 2 aliphatic rings. The van der Waals surface area contributed by atoms with E-state index in [1.165, 1.54) is 11.3 Å². The highest BCUT2D eigenvalue weighted by molar-refractivity contribution is 7.13. The number of hydrogen-bond donors (Lipinski definition) is 1. The van der Waals surface area contributed by atoms with Crippen LogP contribution in [-0.2, 0) is 20.9 Å². The highest BCUT2D eigenvalue weighted by Gasteiger charge is 2.53. The van der Waals surface area contributed by atoms with Crippen LogP contribution in [0.15, 0.2) is 24.0 Å². The molecular weight excluding hydrogens is 340 g/mol. The van der Waals surface area contributed by atoms with E-state index in [0.29, 0.717) is 12.2 Å². The summed E-state index contributed by atoms with van der Waals surface area (Å²) < 4.78 is 5.53. The van der Waals surface area contributed by atoms with Crippen LogP contribution in [0.4, 0.5) is 0 Å². The Balaban J connectivity index is 1.41. The first kappa shape index (κ1) is 16.1. The molecule has 0 radical (unpaired) electrons. The summed E-state index contributed by atoms with van der Waals surface area (Å²) in [5.41, 5.74) is 0.906. The SMILES string of the molecule is O=C1CC(C(=O)NCc2csc(-c3cnccn3)n2)C2(CCCC2)O1. The van der Waals surface area contributed by atoms with Gasteiger partial charge in [0.15, 0.2) is 0 Å². The van der Waals surface area contributed by atoms with Gasteiger partial charge < -0.3 is 10.1 Å². The van der Waals surface area contributed by atoms with Gasteiger partial charge in [-0.15, -0.1) is 11.3 Å². The number of aromatic nitrogens is 3. The van der Waals surface area contributed by atoms with Crippen LogP contribution in [0.3, 0.4) is 0 Å². The average molecular weight is 358 g/mol. The van der Waals surface area contributed by atoms with E-state index < -0.39 is 5.60 Å². The van der Waals surface area contributed by atoms with Crippen LogP contribution < -0.4 is 5.32 Å². The van der Waals surface area contributed by atoms with Crippen LogP contribution in [0.5, 0.6) is 0 Å². The van der Waals surface area contributed by atoms with Crippen LogP contribution in [0.1, 0.15) is 37.8 Å². The number of nitrogens with zero attached hydrogens (tertiary/aromatic N) is 3. The predicted molar refractivity (Wildman–Crippen MR) is 90.4 cm³/mol. The fraction of sp³-hybridized carbons (Fsp3) is 0.471. The number of esters is 1. The summed E-state index contributed by atoms with van der Waals surface area (Å²) in [5, 5.41) is 5.58. The van der Waals surface area contributed by atoms with Gasteiger partial charge in [0.1, 0.15) is 16.3 Å². The molecule has 1 saturated carbocycles. The molecule has 0 aromatic carbocycles. The van der Waals surface area contributed by atoms with E-state index in [4.69, 9.17) is 4.74 Å². The number of carbonyl (C=O) groups is 2. The topological polar surface area (TPSA) is 94.1 Å². The first-order chi connectivity index (χ1) is 12.2. The Morgan fingerprint density at radius 3 is 2.96 bits per heavy atom. The highest BCUT2D eigenvalue weighted by Crippen LogP contribution is 2.45. The normalized spacial score (nSPS) is 21.4. The minimum atomic E-state index is -0.575. The summed E-state index contributed by atoms with van der Waals surface area (Å²) in [6.45, 7) is 0.330. The summed E-state index contributed by atoms with van der Waals surface area (Å²) in [6, 6.07) is 0. The Kier molecular flexibility index (Phi) is 4.20. The maximum absolute atomic E-state index is 12.6. The first-order valence-electron chi connectivity index (χ1n) is 8.37. The molecule has 130 valence electrons. The highest BCUT2D eigenvalue weighted by atomic mass is 32.1. The molecular formula is C17H18N4O3S. The Morgan fingerprint density at radius 1 is 1.36 bits per heavy atom. The summed E-state index contributed by atoms with van der Waals surface area (Å²) >= 11 is 1.46. The number of nitrogens with one attached hydrogen (secondary N) is 1. The third kappa shape index (κ3) is 3.13. The molecule has 8 heteroatoms. The fourth-order valence-electron chi connectivity index (χ4n) is 3.66. The van der Waals surface area contributed by atoms with Crippen molar-refractivity contribution >= 4 is 23.2 Å². The molecule has 2 fully saturated rings. The van der Waals surface area contributed by atoms with Crippen LogP contribution >= 0.6 is 11.3 Å². The van der Waals surface area contributed by atoms with Crippen molar-refractivity contribution in [2.45, 2.75) is 44.2 Å². The van der Waals surface area contributed by atoms with Gasteiger partial charge in [-0.05, 0) is 25.7 Å². The predicted octanol–water partition coefficient (Wildman–Crippen LogP) is 2.09. The number of ether oxygens (including phenoxy) is 1. The molecule has 25 heavy (non-hydrogen) atoms. The molecule has 4 rings (SSSR count). The van der Waals surface area contributed by atoms with E-state index in [9.17, 15) is 9.59 Å². The van der Waals surface area contributed by atoms with E-state index in [2.05, 4.69) is 20.3 Å². The molecule has 1 N–H and O–H groups in total. The molecule has 7 nitrogen and oxygen atoms in total. The Hall–Kier alpha value is -2.35. The van der Waals surface area contributed by atoms with Gasteiger partial charge in [0, 0.05) is 17.8 Å². The number of rotatable bonds is 4. The smallest absolute Gasteiger partial charge is 0.307 e. The van der Waals surface area contributed by atoms with Crippen molar-refractivity contribution in [3.8, 4) is 10.7 Å². The molecule has 2 aromatic rings. The Bertz CT molecular complexity index is 786. The van der Waals surface area contributed by atoms with Crippen LogP contribution in [0, 0.1) is 5.92 Å². The minimum absolute atomic E-state index is 0.123. The summed E-state index contributed by atoms with van der Waals surface area (Å²) in [6.07, 6.45) is 8.64. The van der Waals surface area contributed by atoms with E-state index in [1.807, 2.05) is 5.38 Å². The summed E-state index contributed by atoms with van der Waals surface area (Å²) in [5.74, 6) is -0.775. The fourth-order valence-corrected chi connectivity index (χ4v) is 4.44. The van der Waals surface area contributed by atoms with E-state index in [-0.39, 0.29) is 24.2 Å². The molecule has 3 heterocycles. The van der Waals surface area contributed by atoms with Crippen LogP contribution in [-0.4, -0.2) is 32.4 Å².